The Hall–Kier alpha value is -0.900. The van der Waals surface area contributed by atoms with Crippen LogP contribution in [0.2, 0.25) is 0 Å². The van der Waals surface area contributed by atoms with Crippen LogP contribution in [0.15, 0.2) is 18.2 Å². The SMILES string of the molecule is CNC(CN(CCOC)C1CC1)c1cc(C)cc(C)c1. The maximum Gasteiger partial charge on any atom is 0.0589 e. The van der Waals surface area contributed by atoms with Gasteiger partial charge in [0.1, 0.15) is 0 Å². The number of likely N-dealkylation sites (N-methyl/N-ethyl adjacent to an activating group) is 1. The zero-order chi connectivity index (χ0) is 14.5. The molecule has 0 spiro atoms. The van der Waals surface area contributed by atoms with Gasteiger partial charge in [-0.25, -0.2) is 0 Å². The highest BCUT2D eigenvalue weighted by Gasteiger charge is 2.30. The zero-order valence-electron chi connectivity index (χ0n) is 13.3. The molecular weight excluding hydrogens is 248 g/mol. The van der Waals surface area contributed by atoms with Crippen molar-refractivity contribution in [3.63, 3.8) is 0 Å². The molecule has 0 heterocycles. The Bertz CT molecular complexity index is 409. The van der Waals surface area contributed by atoms with Gasteiger partial charge in [-0.2, -0.15) is 0 Å². The van der Waals surface area contributed by atoms with Gasteiger partial charge in [0.15, 0.2) is 0 Å². The topological polar surface area (TPSA) is 24.5 Å². The predicted octanol–water partition coefficient (Wildman–Crippen LogP) is 2.67. The van der Waals surface area contributed by atoms with Crippen LogP contribution in [0.1, 0.15) is 35.6 Å². The van der Waals surface area contributed by atoms with Crippen LogP contribution in [0.25, 0.3) is 0 Å². The molecule has 1 atom stereocenters. The molecule has 0 amide bonds. The second kappa shape index (κ2) is 7.21. The number of benzene rings is 1. The van der Waals surface area contributed by atoms with Gasteiger partial charge in [0.05, 0.1) is 6.61 Å². The predicted molar refractivity (Wildman–Crippen MR) is 84.2 cm³/mol. The van der Waals surface area contributed by atoms with Crippen LogP contribution in [-0.4, -0.2) is 44.8 Å². The van der Waals surface area contributed by atoms with Crippen LogP contribution >= 0.6 is 0 Å². The fourth-order valence-electron chi connectivity index (χ4n) is 2.88. The van der Waals surface area contributed by atoms with Crippen molar-refractivity contribution in [1.29, 1.82) is 0 Å². The summed E-state index contributed by atoms with van der Waals surface area (Å²) in [5.74, 6) is 0. The number of ether oxygens (including phenoxy) is 1. The third-order valence-corrected chi connectivity index (χ3v) is 4.06. The molecule has 1 aromatic rings. The van der Waals surface area contributed by atoms with Crippen molar-refractivity contribution >= 4 is 0 Å². The van der Waals surface area contributed by atoms with Crippen LogP contribution in [0.5, 0.6) is 0 Å². The average Bonchev–Trinajstić information content (AvgIpc) is 3.22. The maximum atomic E-state index is 5.25. The normalized spacial score (nSPS) is 16.6. The number of hydrogen-bond donors (Lipinski definition) is 1. The van der Waals surface area contributed by atoms with Crippen LogP contribution in [0.4, 0.5) is 0 Å². The molecule has 3 nitrogen and oxygen atoms in total. The Morgan fingerprint density at radius 3 is 2.40 bits per heavy atom. The summed E-state index contributed by atoms with van der Waals surface area (Å²) in [6.07, 6.45) is 2.68. The third kappa shape index (κ3) is 4.30. The molecule has 1 unspecified atom stereocenters. The van der Waals surface area contributed by atoms with Gasteiger partial charge in [-0.3, -0.25) is 4.90 Å². The Labute approximate surface area is 123 Å². The zero-order valence-corrected chi connectivity index (χ0v) is 13.3. The largest absolute Gasteiger partial charge is 0.383 e. The van der Waals surface area contributed by atoms with Gasteiger partial charge in [-0.1, -0.05) is 29.3 Å². The van der Waals surface area contributed by atoms with E-state index in [4.69, 9.17) is 4.74 Å². The summed E-state index contributed by atoms with van der Waals surface area (Å²) in [7, 11) is 3.84. The van der Waals surface area contributed by atoms with Gasteiger partial charge >= 0.3 is 0 Å². The fraction of sp³-hybridized carbons (Fsp3) is 0.647. The summed E-state index contributed by atoms with van der Waals surface area (Å²) in [6.45, 7) is 7.26. The lowest BCUT2D eigenvalue weighted by Crippen LogP contribution is -2.37. The first kappa shape index (κ1) is 15.5. The molecule has 1 N–H and O–H groups in total. The van der Waals surface area contributed by atoms with E-state index < -0.39 is 0 Å². The van der Waals surface area contributed by atoms with Gasteiger partial charge in [-0.05, 0) is 39.3 Å². The van der Waals surface area contributed by atoms with Gasteiger partial charge < -0.3 is 10.1 Å². The molecule has 0 radical (unpaired) electrons. The highest BCUT2D eigenvalue weighted by molar-refractivity contribution is 5.31. The minimum absolute atomic E-state index is 0.394. The van der Waals surface area contributed by atoms with Crippen molar-refractivity contribution in [3.8, 4) is 0 Å². The summed E-state index contributed by atoms with van der Waals surface area (Å²) in [5.41, 5.74) is 4.08. The number of hydrogen-bond acceptors (Lipinski definition) is 3. The van der Waals surface area contributed by atoms with Crippen LogP contribution in [-0.2, 0) is 4.74 Å². The molecule has 0 aromatic heterocycles. The molecule has 112 valence electrons. The number of aryl methyl sites for hydroxylation is 2. The van der Waals surface area contributed by atoms with E-state index >= 15 is 0 Å². The molecular formula is C17H28N2O. The van der Waals surface area contributed by atoms with Gasteiger partial charge in [0, 0.05) is 32.3 Å². The quantitative estimate of drug-likeness (QED) is 0.790. The van der Waals surface area contributed by atoms with Crippen LogP contribution in [0.3, 0.4) is 0 Å². The summed E-state index contributed by atoms with van der Waals surface area (Å²) in [6, 6.07) is 8.00. The van der Waals surface area contributed by atoms with Crippen molar-refractivity contribution < 1.29 is 4.74 Å². The minimum Gasteiger partial charge on any atom is -0.383 e. The molecule has 2 rings (SSSR count). The lowest BCUT2D eigenvalue weighted by atomic mass is 10.0. The highest BCUT2D eigenvalue weighted by Crippen LogP contribution is 2.29. The molecule has 0 aliphatic heterocycles. The average molecular weight is 276 g/mol. The first-order chi connectivity index (χ1) is 9.63. The van der Waals surface area contributed by atoms with E-state index in [1.807, 2.05) is 0 Å². The minimum atomic E-state index is 0.394. The van der Waals surface area contributed by atoms with Crippen molar-refractivity contribution in [2.45, 2.75) is 38.8 Å². The standard InChI is InChI=1S/C17H28N2O/c1-13-9-14(2)11-15(10-13)17(18-3)12-19(7-8-20-4)16-5-6-16/h9-11,16-18H,5-8,12H2,1-4H3. The van der Waals surface area contributed by atoms with Gasteiger partial charge in [0.25, 0.3) is 0 Å². The molecule has 20 heavy (non-hydrogen) atoms. The second-order valence-electron chi connectivity index (χ2n) is 5.98. The smallest absolute Gasteiger partial charge is 0.0589 e. The summed E-state index contributed by atoms with van der Waals surface area (Å²) >= 11 is 0. The second-order valence-corrected chi connectivity index (χ2v) is 5.98. The van der Waals surface area contributed by atoms with Crippen molar-refractivity contribution in [2.75, 3.05) is 33.9 Å². The van der Waals surface area contributed by atoms with E-state index in [-0.39, 0.29) is 0 Å². The Morgan fingerprint density at radius 1 is 1.25 bits per heavy atom. The van der Waals surface area contributed by atoms with Gasteiger partial charge in [-0.15, -0.1) is 0 Å². The van der Waals surface area contributed by atoms with E-state index in [9.17, 15) is 0 Å². The number of rotatable bonds is 8. The fourth-order valence-corrected chi connectivity index (χ4v) is 2.88. The lowest BCUT2D eigenvalue weighted by molar-refractivity contribution is 0.136. The molecule has 1 saturated carbocycles. The van der Waals surface area contributed by atoms with E-state index in [2.05, 4.69) is 49.3 Å². The molecule has 3 heteroatoms. The first-order valence-electron chi connectivity index (χ1n) is 7.62. The molecule has 0 bridgehead atoms. The van der Waals surface area contributed by atoms with Gasteiger partial charge in [0.2, 0.25) is 0 Å². The molecule has 1 aromatic carbocycles. The number of nitrogens with zero attached hydrogens (tertiary/aromatic N) is 1. The van der Waals surface area contributed by atoms with Crippen molar-refractivity contribution in [3.05, 3.63) is 34.9 Å². The van der Waals surface area contributed by atoms with E-state index in [1.165, 1.54) is 29.5 Å². The van der Waals surface area contributed by atoms with E-state index in [1.54, 1.807) is 7.11 Å². The van der Waals surface area contributed by atoms with E-state index in [0.29, 0.717) is 6.04 Å². The Kier molecular flexibility index (Phi) is 5.58. The summed E-state index contributed by atoms with van der Waals surface area (Å²) in [5, 5.41) is 3.48. The monoisotopic (exact) mass is 276 g/mol. The number of methoxy groups -OCH3 is 1. The molecule has 1 aliphatic rings. The lowest BCUT2D eigenvalue weighted by Gasteiger charge is -2.28. The maximum absolute atomic E-state index is 5.25. The molecule has 1 fully saturated rings. The highest BCUT2D eigenvalue weighted by atomic mass is 16.5. The van der Waals surface area contributed by atoms with E-state index in [0.717, 1.165) is 25.7 Å². The van der Waals surface area contributed by atoms with Crippen molar-refractivity contribution in [2.24, 2.45) is 0 Å². The van der Waals surface area contributed by atoms with Crippen LogP contribution in [0, 0.1) is 13.8 Å². The summed E-state index contributed by atoms with van der Waals surface area (Å²) < 4.78 is 5.25. The number of nitrogens with one attached hydrogen (secondary N) is 1. The first-order valence-corrected chi connectivity index (χ1v) is 7.62. The molecule has 0 saturated heterocycles. The summed E-state index contributed by atoms with van der Waals surface area (Å²) in [4.78, 5) is 2.57. The van der Waals surface area contributed by atoms with Crippen LogP contribution < -0.4 is 5.32 Å². The Balaban J connectivity index is 2.06. The van der Waals surface area contributed by atoms with Crippen molar-refractivity contribution in [1.82, 2.24) is 10.2 Å². The third-order valence-electron chi connectivity index (χ3n) is 4.06. The molecule has 1 aliphatic carbocycles. The Morgan fingerprint density at radius 2 is 1.90 bits per heavy atom.